The summed E-state index contributed by atoms with van der Waals surface area (Å²) in [6, 6.07) is 10.1. The van der Waals surface area contributed by atoms with Crippen molar-refractivity contribution in [3.63, 3.8) is 0 Å². The lowest BCUT2D eigenvalue weighted by Gasteiger charge is -2.35. The van der Waals surface area contributed by atoms with Crippen molar-refractivity contribution < 1.29 is 9.53 Å². The van der Waals surface area contributed by atoms with Crippen LogP contribution in [-0.4, -0.2) is 46.8 Å². The quantitative estimate of drug-likeness (QED) is 0.837. The molecule has 0 aliphatic carbocycles. The first-order valence-electron chi connectivity index (χ1n) is 8.85. The smallest absolute Gasteiger partial charge is 0.234 e. The first kappa shape index (κ1) is 17.5. The second-order valence-corrected chi connectivity index (χ2v) is 6.48. The van der Waals surface area contributed by atoms with Gasteiger partial charge in [0.2, 0.25) is 5.91 Å². The summed E-state index contributed by atoms with van der Waals surface area (Å²) < 4.78 is 7.17. The van der Waals surface area contributed by atoms with Crippen molar-refractivity contribution >= 4 is 5.91 Å². The highest BCUT2D eigenvalue weighted by Crippen LogP contribution is 2.18. The van der Waals surface area contributed by atoms with Crippen LogP contribution in [0.2, 0.25) is 0 Å². The molecule has 1 amide bonds. The molecule has 1 fully saturated rings. The minimum absolute atomic E-state index is 0.0650. The molecule has 0 spiro atoms. The van der Waals surface area contributed by atoms with E-state index in [0.29, 0.717) is 19.1 Å². The van der Waals surface area contributed by atoms with Crippen molar-refractivity contribution in [2.24, 2.45) is 0 Å². The van der Waals surface area contributed by atoms with Gasteiger partial charge in [-0.2, -0.15) is 5.10 Å². The maximum absolute atomic E-state index is 12.4. The molecule has 1 aliphatic heterocycles. The number of carbonyl (C=O) groups is 1. The van der Waals surface area contributed by atoms with Gasteiger partial charge in [0, 0.05) is 25.0 Å². The topological polar surface area (TPSA) is 59.4 Å². The molecule has 6 nitrogen and oxygen atoms in total. The Morgan fingerprint density at radius 3 is 3.08 bits per heavy atom. The number of carbonyl (C=O) groups excluding carboxylic acids is 1. The summed E-state index contributed by atoms with van der Waals surface area (Å²) in [7, 11) is 1.65. The van der Waals surface area contributed by atoms with Gasteiger partial charge in [-0.25, -0.2) is 0 Å². The summed E-state index contributed by atoms with van der Waals surface area (Å²) in [4.78, 5) is 14.7. The molecule has 0 saturated carbocycles. The van der Waals surface area contributed by atoms with Gasteiger partial charge in [0.25, 0.3) is 0 Å². The number of hydrogen-bond donors (Lipinski definition) is 1. The van der Waals surface area contributed by atoms with Gasteiger partial charge in [-0.15, -0.1) is 0 Å². The van der Waals surface area contributed by atoms with E-state index >= 15 is 0 Å². The second-order valence-electron chi connectivity index (χ2n) is 6.48. The molecule has 25 heavy (non-hydrogen) atoms. The van der Waals surface area contributed by atoms with Crippen LogP contribution >= 0.6 is 0 Å². The Labute approximate surface area is 148 Å². The third kappa shape index (κ3) is 5.06. The van der Waals surface area contributed by atoms with Crippen molar-refractivity contribution in [2.75, 3.05) is 20.2 Å². The van der Waals surface area contributed by atoms with Gasteiger partial charge in [0.05, 0.1) is 20.2 Å². The number of hydrogen-bond acceptors (Lipinski definition) is 4. The van der Waals surface area contributed by atoms with Crippen molar-refractivity contribution in [1.82, 2.24) is 20.0 Å². The molecule has 1 aromatic carbocycles. The Morgan fingerprint density at radius 1 is 1.36 bits per heavy atom. The van der Waals surface area contributed by atoms with E-state index in [1.807, 2.05) is 41.2 Å². The predicted molar refractivity (Wildman–Crippen MR) is 96.3 cm³/mol. The molecule has 0 bridgehead atoms. The molecule has 1 aromatic heterocycles. The predicted octanol–water partition coefficient (Wildman–Crippen LogP) is 2.06. The highest BCUT2D eigenvalue weighted by molar-refractivity contribution is 5.78. The number of ether oxygens (including phenoxy) is 1. The molecule has 3 rings (SSSR count). The van der Waals surface area contributed by atoms with Crippen LogP contribution < -0.4 is 10.1 Å². The fourth-order valence-corrected chi connectivity index (χ4v) is 3.32. The molecule has 1 saturated heterocycles. The number of methoxy groups -OCH3 is 1. The van der Waals surface area contributed by atoms with E-state index in [4.69, 9.17) is 4.74 Å². The lowest BCUT2D eigenvalue weighted by atomic mass is 10.0. The normalized spacial score (nSPS) is 18.0. The number of piperidine rings is 1. The fourth-order valence-electron chi connectivity index (χ4n) is 3.32. The summed E-state index contributed by atoms with van der Waals surface area (Å²) in [6.07, 6.45) is 7.26. The number of likely N-dealkylation sites (tertiary alicyclic amines) is 1. The van der Waals surface area contributed by atoms with Crippen LogP contribution in [0.25, 0.3) is 0 Å². The van der Waals surface area contributed by atoms with Gasteiger partial charge in [-0.05, 0) is 43.1 Å². The number of nitrogens with one attached hydrogen (secondary N) is 1. The van der Waals surface area contributed by atoms with Crippen LogP contribution in [-0.2, 0) is 17.9 Å². The van der Waals surface area contributed by atoms with Gasteiger partial charge in [-0.3, -0.25) is 14.4 Å². The lowest BCUT2D eigenvalue weighted by molar-refractivity contribution is -0.123. The summed E-state index contributed by atoms with van der Waals surface area (Å²) in [5.41, 5.74) is 1.04. The SMILES string of the molecule is COc1cccc(CNC(=O)CN2CCCC[C@@H]2Cn2cccn2)c1. The molecule has 134 valence electrons. The first-order chi connectivity index (χ1) is 12.2. The Kier molecular flexibility index (Phi) is 6.06. The molecular weight excluding hydrogens is 316 g/mol. The molecule has 0 unspecified atom stereocenters. The van der Waals surface area contributed by atoms with E-state index in [0.717, 1.165) is 37.2 Å². The number of benzene rings is 1. The molecule has 0 radical (unpaired) electrons. The van der Waals surface area contributed by atoms with E-state index in [-0.39, 0.29) is 5.91 Å². The largest absolute Gasteiger partial charge is 0.497 e. The average Bonchev–Trinajstić information content (AvgIpc) is 3.15. The van der Waals surface area contributed by atoms with E-state index < -0.39 is 0 Å². The Balaban J connectivity index is 1.51. The zero-order chi connectivity index (χ0) is 17.5. The summed E-state index contributed by atoms with van der Waals surface area (Å²) in [6.45, 7) is 2.78. The van der Waals surface area contributed by atoms with Gasteiger partial charge in [0.1, 0.15) is 5.75 Å². The van der Waals surface area contributed by atoms with Crippen LogP contribution in [0, 0.1) is 0 Å². The summed E-state index contributed by atoms with van der Waals surface area (Å²) >= 11 is 0. The van der Waals surface area contributed by atoms with Crippen molar-refractivity contribution in [3.8, 4) is 5.75 Å². The molecule has 2 heterocycles. The van der Waals surface area contributed by atoms with E-state index in [1.165, 1.54) is 6.42 Å². The van der Waals surface area contributed by atoms with Crippen LogP contribution in [0.15, 0.2) is 42.7 Å². The van der Waals surface area contributed by atoms with E-state index in [9.17, 15) is 4.79 Å². The fraction of sp³-hybridized carbons (Fsp3) is 0.474. The lowest BCUT2D eigenvalue weighted by Crippen LogP contribution is -2.47. The van der Waals surface area contributed by atoms with Gasteiger partial charge in [-0.1, -0.05) is 18.6 Å². The summed E-state index contributed by atoms with van der Waals surface area (Å²) in [5.74, 6) is 0.872. The standard InChI is InChI=1S/C19H26N4O2/c1-25-18-8-4-6-16(12-18)13-20-19(24)15-22-10-3-2-7-17(22)14-23-11-5-9-21-23/h4-6,8-9,11-12,17H,2-3,7,10,13-15H2,1H3,(H,20,24)/t17-/m1/s1. The molecular formula is C19H26N4O2. The highest BCUT2D eigenvalue weighted by Gasteiger charge is 2.24. The second kappa shape index (κ2) is 8.67. The Hall–Kier alpha value is -2.34. The molecule has 6 heteroatoms. The van der Waals surface area contributed by atoms with Crippen molar-refractivity contribution in [3.05, 3.63) is 48.3 Å². The maximum atomic E-state index is 12.4. The number of amides is 1. The van der Waals surface area contributed by atoms with Crippen molar-refractivity contribution in [2.45, 2.75) is 38.4 Å². The Morgan fingerprint density at radius 2 is 2.28 bits per heavy atom. The first-order valence-corrected chi connectivity index (χ1v) is 8.85. The zero-order valence-corrected chi connectivity index (χ0v) is 14.7. The third-order valence-electron chi connectivity index (χ3n) is 4.68. The van der Waals surface area contributed by atoms with E-state index in [2.05, 4.69) is 15.3 Å². The monoisotopic (exact) mass is 342 g/mol. The van der Waals surface area contributed by atoms with Gasteiger partial charge in [0.15, 0.2) is 0 Å². The average molecular weight is 342 g/mol. The molecule has 1 atom stereocenters. The number of aromatic nitrogens is 2. The molecule has 2 aromatic rings. The van der Waals surface area contributed by atoms with E-state index in [1.54, 1.807) is 13.3 Å². The summed E-state index contributed by atoms with van der Waals surface area (Å²) in [5, 5.41) is 7.31. The van der Waals surface area contributed by atoms with Crippen LogP contribution in [0.1, 0.15) is 24.8 Å². The highest BCUT2D eigenvalue weighted by atomic mass is 16.5. The zero-order valence-electron chi connectivity index (χ0n) is 14.7. The molecule has 1 N–H and O–H groups in total. The molecule has 1 aliphatic rings. The van der Waals surface area contributed by atoms with Crippen LogP contribution in [0.4, 0.5) is 0 Å². The third-order valence-corrected chi connectivity index (χ3v) is 4.68. The van der Waals surface area contributed by atoms with Crippen LogP contribution in [0.5, 0.6) is 5.75 Å². The number of rotatable bonds is 7. The minimum Gasteiger partial charge on any atom is -0.497 e. The minimum atomic E-state index is 0.0650. The van der Waals surface area contributed by atoms with Crippen LogP contribution in [0.3, 0.4) is 0 Å². The van der Waals surface area contributed by atoms with Gasteiger partial charge >= 0.3 is 0 Å². The van der Waals surface area contributed by atoms with Crippen molar-refractivity contribution in [1.29, 1.82) is 0 Å². The Bertz CT molecular complexity index is 672. The maximum Gasteiger partial charge on any atom is 0.234 e. The number of nitrogens with zero attached hydrogens (tertiary/aromatic N) is 3. The van der Waals surface area contributed by atoms with Gasteiger partial charge < -0.3 is 10.1 Å².